The summed E-state index contributed by atoms with van der Waals surface area (Å²) < 4.78 is 0. The van der Waals surface area contributed by atoms with Gasteiger partial charge in [0.2, 0.25) is 5.91 Å². The summed E-state index contributed by atoms with van der Waals surface area (Å²) in [4.78, 5) is 26.9. The minimum atomic E-state index is -0.835. The topological polar surface area (TPSA) is 60.9 Å². The van der Waals surface area contributed by atoms with Gasteiger partial charge in [-0.05, 0) is 26.7 Å². The van der Waals surface area contributed by atoms with E-state index in [1.807, 2.05) is 11.8 Å². The fraction of sp³-hybridized carbons (Fsp3) is 0.857. The molecule has 1 atom stereocenters. The lowest BCUT2D eigenvalue weighted by atomic mass is 10.0. The standard InChI is InChI=1S/C14H26N2O3/c1-11(10-13(18)19)9-12(17)15-5-7-16(8-6-15)14(2,3)4/h11H,5-10H2,1-4H3,(H,18,19). The fourth-order valence-electron chi connectivity index (χ4n) is 2.42. The maximum atomic E-state index is 12.1. The third-order valence-corrected chi connectivity index (χ3v) is 3.63. The van der Waals surface area contributed by atoms with Crippen LogP contribution in [0, 0.1) is 5.92 Å². The van der Waals surface area contributed by atoms with Crippen LogP contribution in [0.15, 0.2) is 0 Å². The molecular weight excluding hydrogens is 244 g/mol. The van der Waals surface area contributed by atoms with Crippen molar-refractivity contribution < 1.29 is 14.7 Å². The van der Waals surface area contributed by atoms with Crippen LogP contribution < -0.4 is 0 Å². The lowest BCUT2D eigenvalue weighted by Gasteiger charge is -2.42. The normalized spacial score (nSPS) is 19.3. The number of carbonyl (C=O) groups excluding carboxylic acids is 1. The van der Waals surface area contributed by atoms with Gasteiger partial charge in [0, 0.05) is 44.6 Å². The van der Waals surface area contributed by atoms with Crippen LogP contribution in [0.3, 0.4) is 0 Å². The molecule has 1 amide bonds. The van der Waals surface area contributed by atoms with Gasteiger partial charge in [0.25, 0.3) is 0 Å². The molecule has 0 bridgehead atoms. The Labute approximate surface area is 115 Å². The molecule has 0 aromatic heterocycles. The molecule has 19 heavy (non-hydrogen) atoms. The van der Waals surface area contributed by atoms with E-state index in [1.165, 1.54) is 0 Å². The Morgan fingerprint density at radius 1 is 1.11 bits per heavy atom. The Bertz CT molecular complexity index is 328. The van der Waals surface area contributed by atoms with E-state index in [9.17, 15) is 9.59 Å². The van der Waals surface area contributed by atoms with Crippen molar-refractivity contribution in [2.24, 2.45) is 5.92 Å². The van der Waals surface area contributed by atoms with E-state index in [1.54, 1.807) is 0 Å². The summed E-state index contributed by atoms with van der Waals surface area (Å²) in [5.74, 6) is -0.842. The predicted molar refractivity (Wildman–Crippen MR) is 73.9 cm³/mol. The van der Waals surface area contributed by atoms with Crippen molar-refractivity contribution in [2.75, 3.05) is 26.2 Å². The Morgan fingerprint density at radius 2 is 1.63 bits per heavy atom. The van der Waals surface area contributed by atoms with Crippen molar-refractivity contribution >= 4 is 11.9 Å². The number of amides is 1. The van der Waals surface area contributed by atoms with Crippen LogP contribution >= 0.6 is 0 Å². The summed E-state index contributed by atoms with van der Waals surface area (Å²) in [5.41, 5.74) is 0.145. The third kappa shape index (κ3) is 5.19. The van der Waals surface area contributed by atoms with E-state index in [0.29, 0.717) is 6.42 Å². The molecule has 0 saturated carbocycles. The van der Waals surface area contributed by atoms with Crippen LogP contribution in [0.1, 0.15) is 40.5 Å². The van der Waals surface area contributed by atoms with Crippen LogP contribution in [0.25, 0.3) is 0 Å². The summed E-state index contributed by atoms with van der Waals surface area (Å²) in [6.07, 6.45) is 0.398. The molecule has 1 aliphatic rings. The molecule has 0 radical (unpaired) electrons. The Morgan fingerprint density at radius 3 is 2.05 bits per heavy atom. The number of carbonyl (C=O) groups is 2. The average Bonchev–Trinajstić information content (AvgIpc) is 2.26. The van der Waals surface area contributed by atoms with Gasteiger partial charge in [-0.3, -0.25) is 14.5 Å². The second-order valence-electron chi connectivity index (χ2n) is 6.45. The van der Waals surface area contributed by atoms with E-state index in [2.05, 4.69) is 25.7 Å². The van der Waals surface area contributed by atoms with Crippen LogP contribution in [-0.4, -0.2) is 58.5 Å². The SMILES string of the molecule is CC(CC(=O)O)CC(=O)N1CCN(C(C)(C)C)CC1. The number of carboxylic acid groups (broad SMARTS) is 1. The quantitative estimate of drug-likeness (QED) is 0.839. The number of rotatable bonds is 4. The average molecular weight is 270 g/mol. The van der Waals surface area contributed by atoms with Crippen LogP contribution in [0.5, 0.6) is 0 Å². The van der Waals surface area contributed by atoms with E-state index < -0.39 is 5.97 Å². The van der Waals surface area contributed by atoms with E-state index >= 15 is 0 Å². The summed E-state index contributed by atoms with van der Waals surface area (Å²) >= 11 is 0. The van der Waals surface area contributed by atoms with Crippen molar-refractivity contribution in [3.05, 3.63) is 0 Å². The summed E-state index contributed by atoms with van der Waals surface area (Å²) in [5, 5.41) is 8.70. The second-order valence-corrected chi connectivity index (χ2v) is 6.45. The number of nitrogens with zero attached hydrogens (tertiary/aromatic N) is 2. The minimum absolute atomic E-state index is 0.0632. The van der Waals surface area contributed by atoms with Crippen molar-refractivity contribution in [2.45, 2.75) is 46.1 Å². The number of aliphatic carboxylic acids is 1. The summed E-state index contributed by atoms with van der Waals surface area (Å²) in [6, 6.07) is 0. The highest BCUT2D eigenvalue weighted by Crippen LogP contribution is 2.17. The molecule has 1 N–H and O–H groups in total. The van der Waals surface area contributed by atoms with Crippen molar-refractivity contribution in [3.63, 3.8) is 0 Å². The molecule has 1 unspecified atom stereocenters. The van der Waals surface area contributed by atoms with Gasteiger partial charge < -0.3 is 10.0 Å². The first-order valence-electron chi connectivity index (χ1n) is 6.94. The van der Waals surface area contributed by atoms with Crippen LogP contribution in [-0.2, 0) is 9.59 Å². The van der Waals surface area contributed by atoms with Crippen molar-refractivity contribution in [1.82, 2.24) is 9.80 Å². The van der Waals surface area contributed by atoms with Gasteiger partial charge in [-0.25, -0.2) is 0 Å². The maximum Gasteiger partial charge on any atom is 0.303 e. The van der Waals surface area contributed by atoms with Crippen LogP contribution in [0.4, 0.5) is 0 Å². The summed E-state index contributed by atoms with van der Waals surface area (Å²) in [7, 11) is 0. The lowest BCUT2D eigenvalue weighted by molar-refractivity contribution is -0.139. The Balaban J connectivity index is 2.39. The number of piperazine rings is 1. The molecule has 1 saturated heterocycles. The largest absolute Gasteiger partial charge is 0.481 e. The molecule has 1 heterocycles. The zero-order valence-electron chi connectivity index (χ0n) is 12.5. The van der Waals surface area contributed by atoms with E-state index in [0.717, 1.165) is 26.2 Å². The predicted octanol–water partition coefficient (Wildman–Crippen LogP) is 1.43. The molecule has 1 rings (SSSR count). The molecular formula is C14H26N2O3. The monoisotopic (exact) mass is 270 g/mol. The molecule has 0 aliphatic carbocycles. The highest BCUT2D eigenvalue weighted by atomic mass is 16.4. The van der Waals surface area contributed by atoms with Gasteiger partial charge in [0.1, 0.15) is 0 Å². The van der Waals surface area contributed by atoms with Gasteiger partial charge in [0.05, 0.1) is 0 Å². The number of hydrogen-bond donors (Lipinski definition) is 1. The van der Waals surface area contributed by atoms with Crippen molar-refractivity contribution in [3.8, 4) is 0 Å². The van der Waals surface area contributed by atoms with Gasteiger partial charge in [0.15, 0.2) is 0 Å². The smallest absolute Gasteiger partial charge is 0.303 e. The number of hydrogen-bond acceptors (Lipinski definition) is 3. The first-order chi connectivity index (χ1) is 8.70. The lowest BCUT2D eigenvalue weighted by Crippen LogP contribution is -2.54. The van der Waals surface area contributed by atoms with E-state index in [-0.39, 0.29) is 23.8 Å². The highest BCUT2D eigenvalue weighted by Gasteiger charge is 2.28. The second kappa shape index (κ2) is 6.37. The number of carboxylic acids is 1. The Hall–Kier alpha value is -1.10. The molecule has 0 aromatic carbocycles. The molecule has 0 spiro atoms. The zero-order chi connectivity index (χ0) is 14.6. The maximum absolute atomic E-state index is 12.1. The first kappa shape index (κ1) is 16.0. The highest BCUT2D eigenvalue weighted by molar-refractivity contribution is 5.77. The first-order valence-corrected chi connectivity index (χ1v) is 6.94. The van der Waals surface area contributed by atoms with Crippen molar-refractivity contribution in [1.29, 1.82) is 0 Å². The summed E-state index contributed by atoms with van der Waals surface area (Å²) in [6.45, 7) is 11.6. The minimum Gasteiger partial charge on any atom is -0.481 e. The molecule has 0 aromatic rings. The van der Waals surface area contributed by atoms with Gasteiger partial charge >= 0.3 is 5.97 Å². The zero-order valence-corrected chi connectivity index (χ0v) is 12.5. The van der Waals surface area contributed by atoms with Crippen LogP contribution in [0.2, 0.25) is 0 Å². The molecule has 1 fully saturated rings. The third-order valence-electron chi connectivity index (χ3n) is 3.63. The fourth-order valence-corrected chi connectivity index (χ4v) is 2.42. The van der Waals surface area contributed by atoms with E-state index in [4.69, 9.17) is 5.11 Å². The Kier molecular flexibility index (Phi) is 5.35. The van der Waals surface area contributed by atoms with Gasteiger partial charge in [-0.1, -0.05) is 6.92 Å². The molecule has 5 nitrogen and oxygen atoms in total. The van der Waals surface area contributed by atoms with Gasteiger partial charge in [-0.15, -0.1) is 0 Å². The molecule has 1 aliphatic heterocycles. The molecule has 110 valence electrons. The molecule has 5 heteroatoms. The van der Waals surface area contributed by atoms with Gasteiger partial charge in [-0.2, -0.15) is 0 Å².